The Bertz CT molecular complexity index is 736. The van der Waals surface area contributed by atoms with Crippen LogP contribution in [0.15, 0.2) is 51.3 Å². The van der Waals surface area contributed by atoms with Crippen LogP contribution in [0.3, 0.4) is 0 Å². The summed E-state index contributed by atoms with van der Waals surface area (Å²) in [5.41, 5.74) is 2.51. The van der Waals surface area contributed by atoms with Gasteiger partial charge in [-0.1, -0.05) is 0 Å². The topological polar surface area (TPSA) is 125 Å². The Labute approximate surface area is 113 Å². The van der Waals surface area contributed by atoms with Crippen molar-refractivity contribution in [3.63, 3.8) is 0 Å². The summed E-state index contributed by atoms with van der Waals surface area (Å²) >= 11 is 0. The fraction of sp³-hybridized carbons (Fsp3) is 0. The maximum Gasteiger partial charge on any atom is 0.272 e. The van der Waals surface area contributed by atoms with Gasteiger partial charge in [-0.25, -0.2) is 13.8 Å². The molecule has 0 radical (unpaired) electrons. The van der Waals surface area contributed by atoms with Gasteiger partial charge in [0.05, 0.1) is 11.8 Å². The molecule has 9 heteroatoms. The van der Waals surface area contributed by atoms with Gasteiger partial charge in [0.15, 0.2) is 10.1 Å². The van der Waals surface area contributed by atoms with E-state index >= 15 is 0 Å². The molecule has 0 bridgehead atoms. The summed E-state index contributed by atoms with van der Waals surface area (Å²) in [6.45, 7) is 0. The van der Waals surface area contributed by atoms with Crippen molar-refractivity contribution in [2.24, 2.45) is 5.10 Å². The average molecular weight is 294 g/mol. The van der Waals surface area contributed by atoms with Crippen LogP contribution in [0.25, 0.3) is 0 Å². The Morgan fingerprint density at radius 2 is 2.20 bits per heavy atom. The first kappa shape index (κ1) is 13.9. The van der Waals surface area contributed by atoms with Gasteiger partial charge in [-0.05, 0) is 24.3 Å². The molecule has 0 aliphatic rings. The largest absolute Gasteiger partial charge is 0.742 e. The molecule has 2 aromatic rings. The van der Waals surface area contributed by atoms with E-state index in [2.05, 4.69) is 15.5 Å². The number of hydrogen-bond donors (Lipinski definition) is 1. The van der Waals surface area contributed by atoms with Crippen LogP contribution in [-0.2, 0) is 10.1 Å². The summed E-state index contributed by atoms with van der Waals surface area (Å²) in [5.74, 6) is -0.469. The van der Waals surface area contributed by atoms with E-state index in [0.717, 1.165) is 12.3 Å². The van der Waals surface area contributed by atoms with Crippen LogP contribution in [0, 0.1) is 0 Å². The average Bonchev–Trinajstić information content (AvgIpc) is 2.88. The lowest BCUT2D eigenvalue weighted by Gasteiger charge is -2.00. The zero-order chi connectivity index (χ0) is 14.6. The van der Waals surface area contributed by atoms with Crippen molar-refractivity contribution < 1.29 is 22.2 Å². The molecule has 8 nitrogen and oxygen atoms in total. The number of rotatable bonds is 4. The van der Waals surface area contributed by atoms with Crippen LogP contribution in [0.4, 0.5) is 0 Å². The number of carbonyl (C=O) groups excluding carboxylic acids is 1. The van der Waals surface area contributed by atoms with E-state index in [9.17, 15) is 17.8 Å². The molecule has 1 N–H and O–H groups in total. The molecule has 20 heavy (non-hydrogen) atoms. The summed E-state index contributed by atoms with van der Waals surface area (Å²) in [4.78, 5) is 15.3. The summed E-state index contributed by atoms with van der Waals surface area (Å²) in [6.07, 6.45) is 3.95. The highest BCUT2D eigenvalue weighted by atomic mass is 32.2. The van der Waals surface area contributed by atoms with Gasteiger partial charge in [0, 0.05) is 12.4 Å². The first-order valence-corrected chi connectivity index (χ1v) is 6.67. The number of hydrazone groups is 1. The van der Waals surface area contributed by atoms with Gasteiger partial charge in [-0.15, -0.1) is 0 Å². The SMILES string of the molecule is O=C(N/N=C\c1ccc(S(=O)(=O)[O-])o1)c1cccnc1. The molecule has 0 unspecified atom stereocenters. The van der Waals surface area contributed by atoms with Crippen molar-refractivity contribution in [3.8, 4) is 0 Å². The third-order valence-electron chi connectivity index (χ3n) is 2.13. The number of nitrogens with zero attached hydrogens (tertiary/aromatic N) is 2. The second kappa shape index (κ2) is 5.63. The lowest BCUT2D eigenvalue weighted by molar-refractivity contribution is 0.0954. The molecule has 0 saturated carbocycles. The lowest BCUT2D eigenvalue weighted by atomic mass is 10.3. The molecule has 0 atom stereocenters. The minimum Gasteiger partial charge on any atom is -0.742 e. The van der Waals surface area contributed by atoms with Crippen LogP contribution >= 0.6 is 0 Å². The fourth-order valence-corrected chi connectivity index (χ4v) is 1.69. The minimum atomic E-state index is -4.64. The molecule has 1 amide bonds. The van der Waals surface area contributed by atoms with Gasteiger partial charge in [-0.3, -0.25) is 9.78 Å². The third-order valence-corrected chi connectivity index (χ3v) is 2.84. The highest BCUT2D eigenvalue weighted by Gasteiger charge is 2.07. The minimum absolute atomic E-state index is 0.0194. The summed E-state index contributed by atoms with van der Waals surface area (Å²) in [7, 11) is -4.64. The van der Waals surface area contributed by atoms with E-state index in [1.54, 1.807) is 12.1 Å². The Morgan fingerprint density at radius 3 is 2.80 bits per heavy atom. The standard InChI is InChI=1S/C11H9N3O5S/c15-11(8-2-1-5-12-6-8)14-13-7-9-3-4-10(19-9)20(16,17)18/h1-7H,(H,14,15)(H,16,17,18)/p-1/b13-7-. The molecule has 0 spiro atoms. The first-order chi connectivity index (χ1) is 9.47. The highest BCUT2D eigenvalue weighted by Crippen LogP contribution is 2.11. The van der Waals surface area contributed by atoms with Crippen molar-refractivity contribution in [1.29, 1.82) is 0 Å². The molecular formula is C11H8N3O5S-. The Hall–Kier alpha value is -2.52. The summed E-state index contributed by atoms with van der Waals surface area (Å²) in [6, 6.07) is 5.39. The number of furan rings is 1. The number of amides is 1. The Morgan fingerprint density at radius 1 is 1.40 bits per heavy atom. The Kier molecular flexibility index (Phi) is 3.91. The number of carbonyl (C=O) groups is 1. The van der Waals surface area contributed by atoms with E-state index in [1.165, 1.54) is 18.5 Å². The molecule has 0 saturated heterocycles. The Balaban J connectivity index is 2.01. The van der Waals surface area contributed by atoms with Crippen LogP contribution in [-0.4, -0.2) is 30.1 Å². The van der Waals surface area contributed by atoms with Gasteiger partial charge < -0.3 is 8.97 Å². The summed E-state index contributed by atoms with van der Waals surface area (Å²) in [5, 5.41) is 2.86. The second-order valence-corrected chi connectivity index (χ2v) is 4.86. The molecule has 2 aromatic heterocycles. The number of nitrogens with one attached hydrogen (secondary N) is 1. The van der Waals surface area contributed by atoms with E-state index in [-0.39, 0.29) is 5.76 Å². The van der Waals surface area contributed by atoms with Gasteiger partial charge in [0.2, 0.25) is 5.09 Å². The molecule has 104 valence electrons. The maximum atomic E-state index is 11.6. The second-order valence-electron chi connectivity index (χ2n) is 3.55. The van der Waals surface area contributed by atoms with Crippen LogP contribution in [0.1, 0.15) is 16.1 Å². The lowest BCUT2D eigenvalue weighted by Crippen LogP contribution is -2.17. The van der Waals surface area contributed by atoms with Crippen molar-refractivity contribution in [2.75, 3.05) is 0 Å². The van der Waals surface area contributed by atoms with E-state index in [0.29, 0.717) is 5.56 Å². The number of pyridine rings is 1. The maximum absolute atomic E-state index is 11.6. The molecule has 2 rings (SSSR count). The van der Waals surface area contributed by atoms with Crippen LogP contribution in [0.5, 0.6) is 0 Å². The fourth-order valence-electron chi connectivity index (χ4n) is 1.25. The third kappa shape index (κ3) is 3.49. The van der Waals surface area contributed by atoms with Crippen molar-refractivity contribution >= 4 is 22.2 Å². The van der Waals surface area contributed by atoms with E-state index < -0.39 is 21.1 Å². The monoisotopic (exact) mass is 294 g/mol. The molecular weight excluding hydrogens is 286 g/mol. The van der Waals surface area contributed by atoms with E-state index in [1.807, 2.05) is 0 Å². The van der Waals surface area contributed by atoms with Gasteiger partial charge in [0.1, 0.15) is 5.76 Å². The quantitative estimate of drug-likeness (QED) is 0.492. The molecule has 0 aromatic carbocycles. The first-order valence-electron chi connectivity index (χ1n) is 5.26. The predicted octanol–water partition coefficient (Wildman–Crippen LogP) is 0.343. The van der Waals surface area contributed by atoms with Crippen LogP contribution in [0.2, 0.25) is 0 Å². The van der Waals surface area contributed by atoms with Gasteiger partial charge in [0.25, 0.3) is 5.91 Å². The molecule has 0 fully saturated rings. The molecule has 0 aliphatic heterocycles. The summed E-state index contributed by atoms with van der Waals surface area (Å²) < 4.78 is 36.7. The van der Waals surface area contributed by atoms with Crippen molar-refractivity contribution in [1.82, 2.24) is 10.4 Å². The number of hydrogen-bond acceptors (Lipinski definition) is 7. The van der Waals surface area contributed by atoms with Gasteiger partial charge >= 0.3 is 0 Å². The van der Waals surface area contributed by atoms with Crippen LogP contribution < -0.4 is 5.43 Å². The predicted molar refractivity (Wildman–Crippen MR) is 66.0 cm³/mol. The van der Waals surface area contributed by atoms with Crippen molar-refractivity contribution in [2.45, 2.75) is 5.09 Å². The zero-order valence-corrected chi connectivity index (χ0v) is 10.7. The number of aromatic nitrogens is 1. The highest BCUT2D eigenvalue weighted by molar-refractivity contribution is 7.85. The normalized spacial score (nSPS) is 11.7. The van der Waals surface area contributed by atoms with E-state index in [4.69, 9.17) is 4.42 Å². The zero-order valence-electron chi connectivity index (χ0n) is 9.89. The molecule has 2 heterocycles. The van der Waals surface area contributed by atoms with Crippen molar-refractivity contribution in [3.05, 3.63) is 48.0 Å². The van der Waals surface area contributed by atoms with Gasteiger partial charge in [-0.2, -0.15) is 5.10 Å². The molecule has 0 aliphatic carbocycles. The smallest absolute Gasteiger partial charge is 0.272 e.